The van der Waals surface area contributed by atoms with Crippen LogP contribution in [-0.4, -0.2) is 4.37 Å². The number of nitrogens with zero attached hydrogens (tertiary/aromatic N) is 2. The van der Waals surface area contributed by atoms with Gasteiger partial charge in [0.25, 0.3) is 0 Å². The highest BCUT2D eigenvalue weighted by molar-refractivity contribution is 7.05. The van der Waals surface area contributed by atoms with Crippen LogP contribution in [0.4, 0.5) is 0 Å². The van der Waals surface area contributed by atoms with Crippen molar-refractivity contribution in [3.05, 3.63) is 16.6 Å². The van der Waals surface area contributed by atoms with Gasteiger partial charge in [-0.05, 0) is 23.9 Å². The summed E-state index contributed by atoms with van der Waals surface area (Å²) >= 11 is 1.43. The monoisotopic (exact) mass is 166 g/mol. The minimum absolute atomic E-state index is 0.600. The van der Waals surface area contributed by atoms with Gasteiger partial charge < -0.3 is 0 Å². The summed E-state index contributed by atoms with van der Waals surface area (Å²) in [7, 11) is 0. The lowest BCUT2D eigenvalue weighted by Crippen LogP contribution is -1.92. The van der Waals surface area contributed by atoms with Crippen LogP contribution in [0.5, 0.6) is 0 Å². The molecule has 0 bridgehead atoms. The average molecular weight is 166 g/mol. The molecule has 2 nitrogen and oxygen atoms in total. The smallest absolute Gasteiger partial charge is 0.102 e. The maximum atomic E-state index is 8.64. The maximum absolute atomic E-state index is 8.64. The van der Waals surface area contributed by atoms with Gasteiger partial charge in [-0.15, -0.1) is 0 Å². The van der Waals surface area contributed by atoms with E-state index in [9.17, 15) is 0 Å². The molecule has 0 saturated carbocycles. The summed E-state index contributed by atoms with van der Waals surface area (Å²) < 4.78 is 3.97. The molecular formula is C8H10N2S. The summed E-state index contributed by atoms with van der Waals surface area (Å²) in [5, 5.41) is 8.64. The largest absolute Gasteiger partial charge is 0.199 e. The van der Waals surface area contributed by atoms with E-state index in [1.165, 1.54) is 11.5 Å². The highest BCUT2D eigenvalue weighted by atomic mass is 32.1. The summed E-state index contributed by atoms with van der Waals surface area (Å²) in [5.74, 6) is 0.600. The Morgan fingerprint density at radius 1 is 1.73 bits per heavy atom. The van der Waals surface area contributed by atoms with Crippen molar-refractivity contribution in [1.82, 2.24) is 4.37 Å². The first-order chi connectivity index (χ1) is 5.24. The standard InChI is InChI=1S/C8H10N2S/c1-6(2)3-8-7(4-9)5-10-11-8/h5-6H,3H2,1-2H3. The number of hydrogen-bond acceptors (Lipinski definition) is 3. The summed E-state index contributed by atoms with van der Waals surface area (Å²) in [6.45, 7) is 4.28. The highest BCUT2D eigenvalue weighted by Crippen LogP contribution is 2.16. The minimum Gasteiger partial charge on any atom is -0.199 e. The van der Waals surface area contributed by atoms with Crippen molar-refractivity contribution in [1.29, 1.82) is 5.26 Å². The summed E-state index contributed by atoms with van der Waals surface area (Å²) in [4.78, 5) is 1.11. The summed E-state index contributed by atoms with van der Waals surface area (Å²) in [6.07, 6.45) is 2.61. The van der Waals surface area contributed by atoms with E-state index in [1.807, 2.05) is 0 Å². The van der Waals surface area contributed by atoms with Gasteiger partial charge in [-0.3, -0.25) is 0 Å². The molecule has 0 saturated heterocycles. The zero-order valence-corrected chi connectivity index (χ0v) is 7.48. The van der Waals surface area contributed by atoms with E-state index >= 15 is 0 Å². The zero-order valence-electron chi connectivity index (χ0n) is 6.66. The fourth-order valence-corrected chi connectivity index (χ4v) is 1.76. The Morgan fingerprint density at radius 3 is 3.00 bits per heavy atom. The van der Waals surface area contributed by atoms with Crippen molar-refractivity contribution in [2.24, 2.45) is 5.92 Å². The summed E-state index contributed by atoms with van der Waals surface area (Å²) in [5.41, 5.74) is 0.740. The van der Waals surface area contributed by atoms with Crippen molar-refractivity contribution < 1.29 is 0 Å². The van der Waals surface area contributed by atoms with E-state index < -0.39 is 0 Å². The Bertz CT molecular complexity index is 270. The Labute approximate surface area is 70.6 Å². The number of aromatic nitrogens is 1. The van der Waals surface area contributed by atoms with E-state index in [1.54, 1.807) is 6.20 Å². The maximum Gasteiger partial charge on any atom is 0.102 e. The molecule has 0 aliphatic carbocycles. The lowest BCUT2D eigenvalue weighted by atomic mass is 10.1. The van der Waals surface area contributed by atoms with Crippen LogP contribution in [0.3, 0.4) is 0 Å². The van der Waals surface area contributed by atoms with Crippen molar-refractivity contribution in [3.8, 4) is 6.07 Å². The second-order valence-corrected chi connectivity index (χ2v) is 3.76. The Morgan fingerprint density at radius 2 is 2.45 bits per heavy atom. The molecule has 1 aromatic rings. The molecule has 0 atom stereocenters. The van der Waals surface area contributed by atoms with Crippen LogP contribution in [0, 0.1) is 17.2 Å². The molecule has 0 radical (unpaired) electrons. The van der Waals surface area contributed by atoms with Gasteiger partial charge in [0, 0.05) is 4.88 Å². The van der Waals surface area contributed by atoms with Crippen molar-refractivity contribution in [3.63, 3.8) is 0 Å². The van der Waals surface area contributed by atoms with Gasteiger partial charge in [-0.2, -0.15) is 9.64 Å². The second-order valence-electron chi connectivity index (χ2n) is 2.87. The van der Waals surface area contributed by atoms with Gasteiger partial charge in [-0.25, -0.2) is 0 Å². The highest BCUT2D eigenvalue weighted by Gasteiger charge is 2.05. The van der Waals surface area contributed by atoms with Gasteiger partial charge in [0.2, 0.25) is 0 Å². The lowest BCUT2D eigenvalue weighted by Gasteiger charge is -1.99. The number of rotatable bonds is 2. The normalized spacial score (nSPS) is 10.0. The van der Waals surface area contributed by atoms with Crippen LogP contribution in [0.2, 0.25) is 0 Å². The molecule has 0 aromatic carbocycles. The van der Waals surface area contributed by atoms with E-state index in [2.05, 4.69) is 24.3 Å². The van der Waals surface area contributed by atoms with Gasteiger partial charge in [0.15, 0.2) is 0 Å². The third-order valence-electron chi connectivity index (χ3n) is 1.36. The molecular weight excluding hydrogens is 156 g/mol. The van der Waals surface area contributed by atoms with Crippen LogP contribution in [0.15, 0.2) is 6.20 Å². The van der Waals surface area contributed by atoms with Gasteiger partial charge >= 0.3 is 0 Å². The van der Waals surface area contributed by atoms with Gasteiger partial charge in [-0.1, -0.05) is 13.8 Å². The molecule has 1 aromatic heterocycles. The Kier molecular flexibility index (Phi) is 2.61. The predicted octanol–water partition coefficient (Wildman–Crippen LogP) is 2.21. The van der Waals surface area contributed by atoms with Gasteiger partial charge in [0.1, 0.15) is 6.07 Å². The molecule has 58 valence electrons. The quantitative estimate of drug-likeness (QED) is 0.675. The SMILES string of the molecule is CC(C)Cc1sncc1C#N. The fraction of sp³-hybridized carbons (Fsp3) is 0.500. The van der Waals surface area contributed by atoms with Crippen LogP contribution in [0.1, 0.15) is 24.3 Å². The van der Waals surface area contributed by atoms with Crippen LogP contribution in [-0.2, 0) is 6.42 Å². The first-order valence-electron chi connectivity index (χ1n) is 3.57. The van der Waals surface area contributed by atoms with E-state index in [0.29, 0.717) is 5.92 Å². The molecule has 11 heavy (non-hydrogen) atoms. The van der Waals surface area contributed by atoms with E-state index in [0.717, 1.165) is 16.9 Å². The van der Waals surface area contributed by atoms with Crippen LogP contribution >= 0.6 is 11.5 Å². The first kappa shape index (κ1) is 8.22. The molecule has 1 heterocycles. The molecule has 0 aliphatic heterocycles. The molecule has 0 fully saturated rings. The third-order valence-corrected chi connectivity index (χ3v) is 2.18. The number of hydrogen-bond donors (Lipinski definition) is 0. The molecule has 0 amide bonds. The molecule has 0 aliphatic rings. The average Bonchev–Trinajstić information content (AvgIpc) is 2.34. The first-order valence-corrected chi connectivity index (χ1v) is 4.35. The third kappa shape index (κ3) is 2.02. The van der Waals surface area contributed by atoms with E-state index in [4.69, 9.17) is 5.26 Å². The lowest BCUT2D eigenvalue weighted by molar-refractivity contribution is 0.653. The molecule has 3 heteroatoms. The Balaban J connectivity index is 2.79. The number of nitriles is 1. The molecule has 0 N–H and O–H groups in total. The fourth-order valence-electron chi connectivity index (χ4n) is 0.873. The van der Waals surface area contributed by atoms with Crippen LogP contribution in [0.25, 0.3) is 0 Å². The Hall–Kier alpha value is -0.880. The molecule has 0 spiro atoms. The molecule has 1 rings (SSSR count). The predicted molar refractivity (Wildman–Crippen MR) is 45.4 cm³/mol. The van der Waals surface area contributed by atoms with Crippen molar-refractivity contribution >= 4 is 11.5 Å². The van der Waals surface area contributed by atoms with E-state index in [-0.39, 0.29) is 0 Å². The molecule has 0 unspecified atom stereocenters. The van der Waals surface area contributed by atoms with Crippen molar-refractivity contribution in [2.45, 2.75) is 20.3 Å². The minimum atomic E-state index is 0.600. The zero-order chi connectivity index (χ0) is 8.27. The van der Waals surface area contributed by atoms with Gasteiger partial charge in [0.05, 0.1) is 11.8 Å². The summed E-state index contributed by atoms with van der Waals surface area (Å²) in [6, 6.07) is 2.13. The topological polar surface area (TPSA) is 36.7 Å². The second kappa shape index (κ2) is 3.49. The van der Waals surface area contributed by atoms with Crippen LogP contribution < -0.4 is 0 Å². The van der Waals surface area contributed by atoms with Crippen molar-refractivity contribution in [2.75, 3.05) is 0 Å².